The molecule has 0 radical (unpaired) electrons. The molecule has 9 heteroatoms. The molecule has 0 rings (SSSR count). The molecule has 0 aromatic rings. The molecular weight excluding hydrogens is 457 g/mol. The van der Waals surface area contributed by atoms with Gasteiger partial charge in [0.15, 0.2) is 0 Å². The van der Waals surface area contributed by atoms with E-state index in [4.69, 9.17) is 4.74 Å². The van der Waals surface area contributed by atoms with Crippen molar-refractivity contribution in [3.63, 3.8) is 0 Å². The number of hydrogen-bond donors (Lipinski definition) is 1. The Bertz CT molecular complexity index is 567. The number of ether oxygens (including phenoxy) is 1. The summed E-state index contributed by atoms with van der Waals surface area (Å²) in [5.74, 6) is -9.24. The molecule has 0 aliphatic carbocycles. The average molecular weight is 500 g/mol. The second-order valence-corrected chi connectivity index (χ2v) is 8.74. The van der Waals surface area contributed by atoms with Gasteiger partial charge in [-0.3, -0.25) is 4.79 Å². The lowest BCUT2D eigenvalue weighted by Crippen LogP contribution is -2.54. The van der Waals surface area contributed by atoms with Crippen LogP contribution in [0.2, 0.25) is 0 Å². The maximum absolute atomic E-state index is 13.1. The fourth-order valence-electron chi connectivity index (χ4n) is 3.51. The number of carbonyl (C=O) groups excluding carboxylic acids is 2. The number of amides is 1. The number of carbonyl (C=O) groups is 2. The Morgan fingerprint density at radius 2 is 1.21 bits per heavy atom. The van der Waals surface area contributed by atoms with E-state index in [2.05, 4.69) is 13.5 Å². The van der Waals surface area contributed by atoms with Crippen LogP contribution in [0.1, 0.15) is 110 Å². The number of nitrogens with one attached hydrogen (secondary N) is 1. The molecule has 34 heavy (non-hydrogen) atoms. The highest BCUT2D eigenvalue weighted by Gasteiger charge is 2.63. The van der Waals surface area contributed by atoms with Crippen molar-refractivity contribution in [3.05, 3.63) is 12.7 Å². The van der Waals surface area contributed by atoms with E-state index < -0.39 is 30.0 Å². The van der Waals surface area contributed by atoms with Gasteiger partial charge in [0.25, 0.3) is 0 Å². The molecule has 0 spiro atoms. The van der Waals surface area contributed by atoms with Gasteiger partial charge in [-0.05, 0) is 12.8 Å². The minimum Gasteiger partial charge on any atom is -0.464 e. The highest BCUT2D eigenvalue weighted by atomic mass is 19.4. The van der Waals surface area contributed by atoms with Crippen molar-refractivity contribution in [2.45, 2.75) is 128 Å². The van der Waals surface area contributed by atoms with Gasteiger partial charge in [-0.15, -0.1) is 6.58 Å². The number of halogens is 5. The first-order valence-corrected chi connectivity index (χ1v) is 12.6. The smallest absolute Gasteiger partial charge is 0.463 e. The van der Waals surface area contributed by atoms with Gasteiger partial charge < -0.3 is 10.1 Å². The minimum absolute atomic E-state index is 0.0102. The molecule has 0 aliphatic rings. The van der Waals surface area contributed by atoms with Gasteiger partial charge in [0.05, 0.1) is 6.61 Å². The van der Waals surface area contributed by atoms with Crippen LogP contribution in [0.5, 0.6) is 0 Å². The third-order valence-electron chi connectivity index (χ3n) is 5.63. The number of esters is 1. The average Bonchev–Trinajstić information content (AvgIpc) is 2.77. The lowest BCUT2D eigenvalue weighted by molar-refractivity contribution is -0.270. The Morgan fingerprint density at radius 3 is 1.59 bits per heavy atom. The van der Waals surface area contributed by atoms with Crippen molar-refractivity contribution in [3.8, 4) is 0 Å². The molecule has 1 N–H and O–H groups in total. The number of rotatable bonds is 21. The number of hydrogen-bond acceptors (Lipinski definition) is 3. The maximum atomic E-state index is 13.1. The van der Waals surface area contributed by atoms with E-state index in [0.717, 1.165) is 31.8 Å². The molecule has 1 unspecified atom stereocenters. The Morgan fingerprint density at radius 1 is 0.794 bits per heavy atom. The van der Waals surface area contributed by atoms with Crippen LogP contribution in [-0.4, -0.2) is 36.6 Å². The fourth-order valence-corrected chi connectivity index (χ4v) is 3.51. The molecule has 1 atom stereocenters. The predicted molar refractivity (Wildman–Crippen MR) is 124 cm³/mol. The third-order valence-corrected chi connectivity index (χ3v) is 5.63. The van der Waals surface area contributed by atoms with E-state index in [1.54, 1.807) is 0 Å². The van der Waals surface area contributed by atoms with Crippen LogP contribution in [0.3, 0.4) is 0 Å². The zero-order chi connectivity index (χ0) is 25.9. The molecule has 1 amide bonds. The SMILES string of the molecule is C=CCC(NC(=O)C(F)(F)C(F)(F)F)C(=O)OCCCCCCCCCCCCCCCCC. The Kier molecular flexibility index (Phi) is 17.7. The van der Waals surface area contributed by atoms with Crippen molar-refractivity contribution in [1.82, 2.24) is 5.32 Å². The molecule has 200 valence electrons. The first kappa shape index (κ1) is 32.3. The first-order valence-electron chi connectivity index (χ1n) is 12.6. The van der Waals surface area contributed by atoms with Crippen LogP contribution in [0.15, 0.2) is 12.7 Å². The van der Waals surface area contributed by atoms with Crippen molar-refractivity contribution in [2.75, 3.05) is 6.61 Å². The third kappa shape index (κ3) is 14.6. The number of unbranched alkanes of at least 4 members (excludes halogenated alkanes) is 14. The van der Waals surface area contributed by atoms with E-state index in [1.165, 1.54) is 69.5 Å². The summed E-state index contributed by atoms with van der Waals surface area (Å²) in [6.07, 6.45) is 12.3. The van der Waals surface area contributed by atoms with Crippen LogP contribution < -0.4 is 5.32 Å². The minimum atomic E-state index is -6.05. The fraction of sp³-hybridized carbons (Fsp3) is 0.840. The maximum Gasteiger partial charge on any atom is 0.463 e. The quantitative estimate of drug-likeness (QED) is 0.0763. The molecule has 0 aromatic heterocycles. The van der Waals surface area contributed by atoms with Crippen LogP contribution in [-0.2, 0) is 14.3 Å². The second-order valence-electron chi connectivity index (χ2n) is 8.74. The highest BCUT2D eigenvalue weighted by molar-refractivity contribution is 5.89. The molecule has 0 saturated heterocycles. The predicted octanol–water partition coefficient (Wildman–Crippen LogP) is 7.66. The monoisotopic (exact) mass is 499 g/mol. The molecule has 0 bridgehead atoms. The van der Waals surface area contributed by atoms with Gasteiger partial charge >= 0.3 is 24.0 Å². The molecular formula is C25H42F5NO3. The van der Waals surface area contributed by atoms with E-state index in [1.807, 2.05) is 0 Å². The first-order chi connectivity index (χ1) is 16.1. The molecule has 0 saturated carbocycles. The summed E-state index contributed by atoms with van der Waals surface area (Å²) >= 11 is 0. The van der Waals surface area contributed by atoms with Crippen LogP contribution in [0.4, 0.5) is 22.0 Å². The summed E-state index contributed by atoms with van der Waals surface area (Å²) in [5, 5.41) is 1.41. The Balaban J connectivity index is 3.86. The normalized spacial score (nSPS) is 12.9. The number of alkyl halides is 5. The standard InChI is InChI=1S/C25H42F5NO3/c1-3-5-6-7-8-9-10-11-12-13-14-15-16-17-18-20-34-22(32)21(19-4-2)31-23(33)24(26,27)25(28,29)30/h4,21H,2-3,5-20H2,1H3,(H,31,33). The summed E-state index contributed by atoms with van der Waals surface area (Å²) in [5.41, 5.74) is 0. The second kappa shape index (κ2) is 18.6. The van der Waals surface area contributed by atoms with Gasteiger partial charge in [0, 0.05) is 0 Å². The van der Waals surface area contributed by atoms with Gasteiger partial charge in [-0.2, -0.15) is 22.0 Å². The highest BCUT2D eigenvalue weighted by Crippen LogP contribution is 2.35. The largest absolute Gasteiger partial charge is 0.464 e. The summed E-state index contributed by atoms with van der Waals surface area (Å²) in [7, 11) is 0. The Labute approximate surface area is 201 Å². The molecule has 0 aliphatic heterocycles. The van der Waals surface area contributed by atoms with Crippen LogP contribution in [0, 0.1) is 0 Å². The van der Waals surface area contributed by atoms with E-state index in [0.29, 0.717) is 6.42 Å². The molecule has 0 aromatic carbocycles. The molecule has 0 fully saturated rings. The van der Waals surface area contributed by atoms with Gasteiger partial charge in [0.2, 0.25) is 0 Å². The van der Waals surface area contributed by atoms with Gasteiger partial charge in [0.1, 0.15) is 6.04 Å². The summed E-state index contributed by atoms with van der Waals surface area (Å²) < 4.78 is 68.0. The van der Waals surface area contributed by atoms with Crippen molar-refractivity contribution in [2.24, 2.45) is 0 Å². The summed E-state index contributed by atoms with van der Waals surface area (Å²) in [4.78, 5) is 23.3. The lowest BCUT2D eigenvalue weighted by Gasteiger charge is -2.22. The molecule has 4 nitrogen and oxygen atoms in total. The van der Waals surface area contributed by atoms with E-state index >= 15 is 0 Å². The van der Waals surface area contributed by atoms with Gasteiger partial charge in [-0.1, -0.05) is 103 Å². The van der Waals surface area contributed by atoms with Crippen molar-refractivity contribution < 1.29 is 36.3 Å². The Hall–Kier alpha value is -1.67. The topological polar surface area (TPSA) is 55.4 Å². The van der Waals surface area contributed by atoms with Crippen LogP contribution in [0.25, 0.3) is 0 Å². The summed E-state index contributed by atoms with van der Waals surface area (Å²) in [6.45, 7) is 5.54. The molecule has 0 heterocycles. The van der Waals surface area contributed by atoms with E-state index in [-0.39, 0.29) is 13.0 Å². The van der Waals surface area contributed by atoms with Crippen LogP contribution >= 0.6 is 0 Å². The lowest BCUT2D eigenvalue weighted by atomic mass is 10.0. The zero-order valence-electron chi connectivity index (χ0n) is 20.5. The zero-order valence-corrected chi connectivity index (χ0v) is 20.5. The van der Waals surface area contributed by atoms with Crippen molar-refractivity contribution >= 4 is 11.9 Å². The van der Waals surface area contributed by atoms with E-state index in [9.17, 15) is 31.5 Å². The summed E-state index contributed by atoms with van der Waals surface area (Å²) in [6, 6.07) is -1.64. The van der Waals surface area contributed by atoms with Gasteiger partial charge in [-0.25, -0.2) is 4.79 Å². The van der Waals surface area contributed by atoms with Crippen molar-refractivity contribution in [1.29, 1.82) is 0 Å².